The number of aryl methyl sites for hydroxylation is 1. The number of fused-ring (bicyclic) bond motifs is 1. The van der Waals surface area contributed by atoms with E-state index < -0.39 is 0 Å². The highest BCUT2D eigenvalue weighted by atomic mass is 35.5. The summed E-state index contributed by atoms with van der Waals surface area (Å²) in [6.07, 6.45) is 2.44. The molecule has 0 spiro atoms. The second kappa shape index (κ2) is 9.21. The summed E-state index contributed by atoms with van der Waals surface area (Å²) in [5.74, 6) is 1.88. The molecule has 2 aromatic carbocycles. The van der Waals surface area contributed by atoms with Crippen molar-refractivity contribution in [2.45, 2.75) is 32.4 Å². The van der Waals surface area contributed by atoms with Gasteiger partial charge in [-0.3, -0.25) is 4.90 Å². The summed E-state index contributed by atoms with van der Waals surface area (Å²) in [4.78, 5) is 4.87. The van der Waals surface area contributed by atoms with Crippen molar-refractivity contribution in [2.24, 2.45) is 0 Å². The number of methoxy groups -OCH3 is 1. The van der Waals surface area contributed by atoms with Gasteiger partial charge in [0, 0.05) is 29.1 Å². The number of likely N-dealkylation sites (tertiary alicyclic amines) is 1. The molecule has 4 rings (SSSR count). The quantitative estimate of drug-likeness (QED) is 0.561. The molecule has 1 aliphatic heterocycles. The Hall–Kier alpha value is -2.01. The summed E-state index contributed by atoms with van der Waals surface area (Å²) in [6, 6.07) is 15.4. The molecule has 4 nitrogen and oxygen atoms in total. The maximum Gasteiger partial charge on any atom is 0.135 e. The lowest BCUT2D eigenvalue weighted by Gasteiger charge is -2.35. The molecule has 1 saturated heterocycles. The Labute approximate surface area is 179 Å². The number of piperidine rings is 1. The summed E-state index contributed by atoms with van der Waals surface area (Å²) < 4.78 is 11.9. The summed E-state index contributed by atoms with van der Waals surface area (Å²) in [5, 5.41) is 1.12. The van der Waals surface area contributed by atoms with Crippen LogP contribution in [-0.2, 0) is 6.54 Å². The standard InChI is InChI=1S/C24H30N2O2.ClH/c1-17-24(18-8-6-5-7-9-18)21-15-22(27-4)19(14-23(21)28-17)16-26(3)20-10-12-25(2)13-11-20;/h5-9,14-15,20H,10-13,16H2,1-4H3;1H. The first-order chi connectivity index (χ1) is 13.6. The lowest BCUT2D eigenvalue weighted by Crippen LogP contribution is -2.41. The molecule has 2 heterocycles. The number of rotatable bonds is 5. The molecule has 156 valence electrons. The van der Waals surface area contributed by atoms with Crippen LogP contribution in [0.3, 0.4) is 0 Å². The molecule has 0 amide bonds. The smallest absolute Gasteiger partial charge is 0.135 e. The molecule has 0 radical (unpaired) electrons. The highest BCUT2D eigenvalue weighted by Crippen LogP contribution is 2.38. The van der Waals surface area contributed by atoms with E-state index in [0.717, 1.165) is 34.6 Å². The third-order valence-electron chi connectivity index (χ3n) is 6.06. The van der Waals surface area contributed by atoms with E-state index in [4.69, 9.17) is 9.15 Å². The Morgan fingerprint density at radius 1 is 1.14 bits per heavy atom. The minimum Gasteiger partial charge on any atom is -0.496 e. The van der Waals surface area contributed by atoms with Crippen LogP contribution in [0.2, 0.25) is 0 Å². The second-order valence-corrected chi connectivity index (χ2v) is 8.01. The summed E-state index contributed by atoms with van der Waals surface area (Å²) in [7, 11) is 6.19. The largest absolute Gasteiger partial charge is 0.496 e. The molecule has 29 heavy (non-hydrogen) atoms. The SMILES string of the molecule is COc1cc2c(-c3ccccc3)c(C)oc2cc1CN(C)C1CCN(C)CC1.Cl. The van der Waals surface area contributed by atoms with Crippen molar-refractivity contribution >= 4 is 23.4 Å². The first-order valence-corrected chi connectivity index (χ1v) is 10.1. The predicted molar refractivity (Wildman–Crippen MR) is 122 cm³/mol. The third kappa shape index (κ3) is 4.45. The predicted octanol–water partition coefficient (Wildman–Crippen LogP) is 5.36. The summed E-state index contributed by atoms with van der Waals surface area (Å²) in [6.45, 7) is 5.25. The molecule has 0 saturated carbocycles. The highest BCUT2D eigenvalue weighted by molar-refractivity contribution is 5.97. The molecule has 0 unspecified atom stereocenters. The Bertz CT molecular complexity index is 946. The molecule has 0 aliphatic carbocycles. The maximum atomic E-state index is 6.15. The van der Waals surface area contributed by atoms with E-state index in [-0.39, 0.29) is 12.4 Å². The van der Waals surface area contributed by atoms with Crippen LogP contribution in [0.1, 0.15) is 24.2 Å². The number of nitrogens with zero attached hydrogens (tertiary/aromatic N) is 2. The van der Waals surface area contributed by atoms with Crippen LogP contribution in [0, 0.1) is 6.92 Å². The van der Waals surface area contributed by atoms with Crippen molar-refractivity contribution in [3.05, 3.63) is 53.8 Å². The van der Waals surface area contributed by atoms with Crippen molar-refractivity contribution in [3.63, 3.8) is 0 Å². The number of ether oxygens (including phenoxy) is 1. The molecular formula is C24H31ClN2O2. The zero-order valence-corrected chi connectivity index (χ0v) is 18.6. The molecule has 0 bridgehead atoms. The van der Waals surface area contributed by atoms with E-state index in [0.29, 0.717) is 6.04 Å². The van der Waals surface area contributed by atoms with Gasteiger partial charge in [-0.2, -0.15) is 0 Å². The van der Waals surface area contributed by atoms with Gasteiger partial charge in [-0.1, -0.05) is 30.3 Å². The van der Waals surface area contributed by atoms with Crippen LogP contribution in [0.4, 0.5) is 0 Å². The van der Waals surface area contributed by atoms with Crippen LogP contribution in [0.5, 0.6) is 5.75 Å². The van der Waals surface area contributed by atoms with E-state index in [9.17, 15) is 0 Å². The lowest BCUT2D eigenvalue weighted by molar-refractivity contribution is 0.138. The van der Waals surface area contributed by atoms with E-state index in [1.807, 2.05) is 13.0 Å². The fraction of sp³-hybridized carbons (Fsp3) is 0.417. The van der Waals surface area contributed by atoms with Crippen LogP contribution in [0.15, 0.2) is 46.9 Å². The van der Waals surface area contributed by atoms with Crippen molar-refractivity contribution < 1.29 is 9.15 Å². The van der Waals surface area contributed by atoms with Gasteiger partial charge in [0.2, 0.25) is 0 Å². The monoisotopic (exact) mass is 414 g/mol. The van der Waals surface area contributed by atoms with Crippen LogP contribution in [-0.4, -0.2) is 50.1 Å². The van der Waals surface area contributed by atoms with E-state index >= 15 is 0 Å². The molecule has 0 atom stereocenters. The van der Waals surface area contributed by atoms with Gasteiger partial charge in [-0.15, -0.1) is 12.4 Å². The minimum absolute atomic E-state index is 0. The van der Waals surface area contributed by atoms with Crippen molar-refractivity contribution in [2.75, 3.05) is 34.3 Å². The van der Waals surface area contributed by atoms with Gasteiger partial charge in [0.15, 0.2) is 0 Å². The molecule has 1 aromatic heterocycles. The summed E-state index contributed by atoms with van der Waals surface area (Å²) in [5.41, 5.74) is 4.45. The van der Waals surface area contributed by atoms with Gasteiger partial charge in [0.05, 0.1) is 7.11 Å². The number of benzene rings is 2. The van der Waals surface area contributed by atoms with Gasteiger partial charge in [0.1, 0.15) is 17.1 Å². The maximum absolute atomic E-state index is 6.15. The van der Waals surface area contributed by atoms with Gasteiger partial charge in [0.25, 0.3) is 0 Å². The Kier molecular flexibility index (Phi) is 6.89. The van der Waals surface area contributed by atoms with Gasteiger partial charge < -0.3 is 14.1 Å². The number of furan rings is 1. The average Bonchev–Trinajstić information content (AvgIpc) is 3.03. The topological polar surface area (TPSA) is 28.9 Å². The van der Waals surface area contributed by atoms with Crippen LogP contribution < -0.4 is 4.74 Å². The molecule has 1 fully saturated rings. The average molecular weight is 415 g/mol. The van der Waals surface area contributed by atoms with Gasteiger partial charge in [-0.05, 0) is 64.6 Å². The van der Waals surface area contributed by atoms with Crippen LogP contribution >= 0.6 is 12.4 Å². The van der Waals surface area contributed by atoms with Crippen molar-refractivity contribution in [1.29, 1.82) is 0 Å². The fourth-order valence-electron chi connectivity index (χ4n) is 4.40. The second-order valence-electron chi connectivity index (χ2n) is 8.01. The number of hydrogen-bond acceptors (Lipinski definition) is 4. The lowest BCUT2D eigenvalue weighted by atomic mass is 10.00. The van der Waals surface area contributed by atoms with Crippen LogP contribution in [0.25, 0.3) is 22.1 Å². The third-order valence-corrected chi connectivity index (χ3v) is 6.06. The van der Waals surface area contributed by atoms with E-state index in [2.05, 4.69) is 60.3 Å². The molecule has 5 heteroatoms. The fourth-order valence-corrected chi connectivity index (χ4v) is 4.40. The minimum atomic E-state index is 0. The number of hydrogen-bond donors (Lipinski definition) is 0. The normalized spacial score (nSPS) is 15.6. The van der Waals surface area contributed by atoms with E-state index in [1.165, 1.54) is 37.1 Å². The Morgan fingerprint density at radius 2 is 1.83 bits per heavy atom. The zero-order chi connectivity index (χ0) is 19.7. The highest BCUT2D eigenvalue weighted by Gasteiger charge is 2.22. The molecule has 0 N–H and O–H groups in total. The summed E-state index contributed by atoms with van der Waals surface area (Å²) >= 11 is 0. The van der Waals surface area contributed by atoms with Crippen molar-refractivity contribution in [1.82, 2.24) is 9.80 Å². The molecule has 3 aromatic rings. The Morgan fingerprint density at radius 3 is 2.48 bits per heavy atom. The first-order valence-electron chi connectivity index (χ1n) is 10.1. The van der Waals surface area contributed by atoms with Gasteiger partial charge in [-0.25, -0.2) is 0 Å². The Balaban J connectivity index is 0.00000240. The molecular weight excluding hydrogens is 384 g/mol. The van der Waals surface area contributed by atoms with Crippen molar-refractivity contribution in [3.8, 4) is 16.9 Å². The van der Waals surface area contributed by atoms with E-state index in [1.54, 1.807) is 7.11 Å². The van der Waals surface area contributed by atoms with Gasteiger partial charge >= 0.3 is 0 Å². The molecule has 1 aliphatic rings. The zero-order valence-electron chi connectivity index (χ0n) is 17.8. The number of halogens is 1. The first kappa shape index (κ1) is 21.7.